The lowest BCUT2D eigenvalue weighted by Crippen LogP contribution is -2.56. The minimum Gasteiger partial charge on any atom is -0.481 e. The summed E-state index contributed by atoms with van der Waals surface area (Å²) in [5.74, 6) is -2.15. The van der Waals surface area contributed by atoms with Crippen molar-refractivity contribution in [3.63, 3.8) is 0 Å². The fourth-order valence-corrected chi connectivity index (χ4v) is 4.79. The van der Waals surface area contributed by atoms with Gasteiger partial charge < -0.3 is 19.6 Å². The first-order valence-electron chi connectivity index (χ1n) is 9.46. The first-order valence-corrected chi connectivity index (χ1v) is 9.46. The summed E-state index contributed by atoms with van der Waals surface area (Å²) in [6.45, 7) is 6.19. The number of carbonyl (C=O) groups excluding carboxylic acids is 1. The lowest BCUT2D eigenvalue weighted by molar-refractivity contribution is -0.151. The molecule has 3 aliphatic rings. The van der Waals surface area contributed by atoms with Gasteiger partial charge in [0.2, 0.25) is 5.91 Å². The van der Waals surface area contributed by atoms with Gasteiger partial charge in [0.1, 0.15) is 0 Å². The molecule has 3 aliphatic heterocycles. The van der Waals surface area contributed by atoms with Crippen LogP contribution in [0.2, 0.25) is 0 Å². The number of benzene rings is 1. The summed E-state index contributed by atoms with van der Waals surface area (Å²) in [6.07, 6.45) is 1.03. The number of piperazine rings is 1. The van der Waals surface area contributed by atoms with Crippen molar-refractivity contribution in [1.29, 1.82) is 0 Å². The third-order valence-corrected chi connectivity index (χ3v) is 6.15. The smallest absolute Gasteiger partial charge is 0.310 e. The van der Waals surface area contributed by atoms with E-state index in [2.05, 4.69) is 43.0 Å². The van der Waals surface area contributed by atoms with Crippen LogP contribution in [-0.4, -0.2) is 59.8 Å². The molecule has 6 nitrogen and oxygen atoms in total. The fraction of sp³-hybridized carbons (Fsp3) is 0.600. The normalized spacial score (nSPS) is 33.5. The van der Waals surface area contributed by atoms with Crippen LogP contribution in [0.25, 0.3) is 0 Å². The fourth-order valence-electron chi connectivity index (χ4n) is 4.79. The number of aryl methyl sites for hydroxylation is 1. The van der Waals surface area contributed by atoms with E-state index >= 15 is 0 Å². The van der Waals surface area contributed by atoms with Crippen LogP contribution in [0, 0.1) is 18.8 Å². The van der Waals surface area contributed by atoms with Gasteiger partial charge >= 0.3 is 5.97 Å². The molecule has 0 aromatic heterocycles. The number of carbonyl (C=O) groups is 2. The molecule has 6 heteroatoms. The van der Waals surface area contributed by atoms with E-state index in [0.29, 0.717) is 13.1 Å². The standard InChI is InChI=1S/C20H26N2O4/c1-12-3-5-14(6-4-12)22-10-9-21(11-13(22)2)19(23)17-15-7-8-16(26-15)18(17)20(24)25/h3-6,13,15-18H,7-11H2,1-2H3,(H,24,25)/t13-,15-,16-,17-,18-/m1/s1. The van der Waals surface area contributed by atoms with E-state index < -0.39 is 17.8 Å². The molecule has 0 spiro atoms. The third kappa shape index (κ3) is 2.86. The molecule has 1 amide bonds. The van der Waals surface area contributed by atoms with Crippen LogP contribution in [0.3, 0.4) is 0 Å². The zero-order chi connectivity index (χ0) is 18.4. The topological polar surface area (TPSA) is 70.1 Å². The first-order chi connectivity index (χ1) is 12.5. The molecule has 5 atom stereocenters. The zero-order valence-electron chi connectivity index (χ0n) is 15.3. The summed E-state index contributed by atoms with van der Waals surface area (Å²) in [4.78, 5) is 28.9. The molecule has 3 fully saturated rings. The van der Waals surface area contributed by atoms with E-state index in [9.17, 15) is 14.7 Å². The van der Waals surface area contributed by atoms with Crippen LogP contribution in [0.15, 0.2) is 24.3 Å². The van der Waals surface area contributed by atoms with Crippen molar-refractivity contribution >= 4 is 17.6 Å². The number of fused-ring (bicyclic) bond motifs is 2. The van der Waals surface area contributed by atoms with Crippen LogP contribution in [0.4, 0.5) is 5.69 Å². The van der Waals surface area contributed by atoms with Crippen molar-refractivity contribution in [3.8, 4) is 0 Å². The van der Waals surface area contributed by atoms with Crippen molar-refractivity contribution in [2.75, 3.05) is 24.5 Å². The van der Waals surface area contributed by atoms with E-state index in [1.165, 1.54) is 11.3 Å². The highest BCUT2D eigenvalue weighted by Gasteiger charge is 2.56. The Kier molecular flexibility index (Phi) is 4.39. The predicted molar refractivity (Wildman–Crippen MR) is 97.1 cm³/mol. The van der Waals surface area contributed by atoms with Crippen molar-refractivity contribution < 1.29 is 19.4 Å². The highest BCUT2D eigenvalue weighted by Crippen LogP contribution is 2.44. The molecule has 2 bridgehead atoms. The molecule has 0 radical (unpaired) electrons. The van der Waals surface area contributed by atoms with Crippen molar-refractivity contribution in [2.45, 2.75) is 44.9 Å². The average molecular weight is 358 g/mol. The molecule has 4 rings (SSSR count). The highest BCUT2D eigenvalue weighted by atomic mass is 16.5. The molecule has 0 unspecified atom stereocenters. The molecule has 26 heavy (non-hydrogen) atoms. The quantitative estimate of drug-likeness (QED) is 0.894. The van der Waals surface area contributed by atoms with Gasteiger partial charge in [-0.05, 0) is 38.8 Å². The lowest BCUT2D eigenvalue weighted by Gasteiger charge is -2.43. The molecular formula is C20H26N2O4. The van der Waals surface area contributed by atoms with Crippen molar-refractivity contribution in [3.05, 3.63) is 29.8 Å². The molecule has 1 aromatic rings. The number of hydrogen-bond acceptors (Lipinski definition) is 4. The third-order valence-electron chi connectivity index (χ3n) is 6.15. The molecule has 0 aliphatic carbocycles. The van der Waals surface area contributed by atoms with Gasteiger partial charge in [-0.15, -0.1) is 0 Å². The molecular weight excluding hydrogens is 332 g/mol. The molecule has 140 valence electrons. The van der Waals surface area contributed by atoms with Gasteiger partial charge in [-0.1, -0.05) is 17.7 Å². The number of carboxylic acids is 1. The van der Waals surface area contributed by atoms with Crippen LogP contribution >= 0.6 is 0 Å². The second-order valence-electron chi connectivity index (χ2n) is 7.84. The maximum Gasteiger partial charge on any atom is 0.310 e. The van der Waals surface area contributed by atoms with Crippen molar-refractivity contribution in [2.24, 2.45) is 11.8 Å². The maximum atomic E-state index is 13.1. The summed E-state index contributed by atoms with van der Waals surface area (Å²) in [7, 11) is 0. The summed E-state index contributed by atoms with van der Waals surface area (Å²) in [6, 6.07) is 8.63. The summed E-state index contributed by atoms with van der Waals surface area (Å²) < 4.78 is 5.76. The Morgan fingerprint density at radius 2 is 1.73 bits per heavy atom. The number of amides is 1. The Morgan fingerprint density at radius 3 is 2.35 bits per heavy atom. The Bertz CT molecular complexity index is 704. The first kappa shape index (κ1) is 17.3. The van der Waals surface area contributed by atoms with Crippen LogP contribution in [0.1, 0.15) is 25.3 Å². The largest absolute Gasteiger partial charge is 0.481 e. The number of anilines is 1. The van der Waals surface area contributed by atoms with Crippen LogP contribution in [-0.2, 0) is 14.3 Å². The van der Waals surface area contributed by atoms with Gasteiger partial charge in [0, 0.05) is 31.4 Å². The lowest BCUT2D eigenvalue weighted by atomic mass is 9.78. The van der Waals surface area contributed by atoms with Gasteiger partial charge in [0.05, 0.1) is 24.0 Å². The van der Waals surface area contributed by atoms with E-state index in [1.807, 2.05) is 4.90 Å². The average Bonchev–Trinajstić information content (AvgIpc) is 3.23. The number of carboxylic acid groups (broad SMARTS) is 1. The van der Waals surface area contributed by atoms with Gasteiger partial charge in [-0.25, -0.2) is 0 Å². The number of hydrogen-bond donors (Lipinski definition) is 1. The Labute approximate surface area is 153 Å². The summed E-state index contributed by atoms with van der Waals surface area (Å²) in [5, 5.41) is 9.56. The SMILES string of the molecule is Cc1ccc(N2CCN(C(=O)[C@H]3[C@H](C(=O)O)[C@H]4CC[C@H]3O4)C[C@H]2C)cc1. The molecule has 1 N–H and O–H groups in total. The second-order valence-corrected chi connectivity index (χ2v) is 7.84. The van der Waals surface area contributed by atoms with Gasteiger partial charge in [-0.2, -0.15) is 0 Å². The molecule has 3 heterocycles. The van der Waals surface area contributed by atoms with Gasteiger partial charge in [0.15, 0.2) is 0 Å². The number of aliphatic carboxylic acids is 1. The summed E-state index contributed by atoms with van der Waals surface area (Å²) >= 11 is 0. The van der Waals surface area contributed by atoms with E-state index in [0.717, 1.165) is 19.4 Å². The Balaban J connectivity index is 1.46. The number of ether oxygens (including phenoxy) is 1. The number of rotatable bonds is 3. The van der Waals surface area contributed by atoms with E-state index in [4.69, 9.17) is 4.74 Å². The Hall–Kier alpha value is -2.08. The second kappa shape index (κ2) is 6.58. The molecule has 0 saturated carbocycles. The van der Waals surface area contributed by atoms with Crippen LogP contribution in [0.5, 0.6) is 0 Å². The monoisotopic (exact) mass is 358 g/mol. The van der Waals surface area contributed by atoms with Gasteiger partial charge in [0.25, 0.3) is 0 Å². The maximum absolute atomic E-state index is 13.1. The minimum absolute atomic E-state index is 0.0417. The van der Waals surface area contributed by atoms with E-state index in [-0.39, 0.29) is 24.2 Å². The summed E-state index contributed by atoms with van der Waals surface area (Å²) in [5.41, 5.74) is 2.40. The predicted octanol–water partition coefficient (Wildman–Crippen LogP) is 1.91. The van der Waals surface area contributed by atoms with E-state index in [1.54, 1.807) is 0 Å². The molecule has 1 aromatic carbocycles. The minimum atomic E-state index is -0.901. The Morgan fingerprint density at radius 1 is 1.08 bits per heavy atom. The number of nitrogens with zero attached hydrogens (tertiary/aromatic N) is 2. The molecule has 3 saturated heterocycles. The van der Waals surface area contributed by atoms with Gasteiger partial charge in [-0.3, -0.25) is 9.59 Å². The highest BCUT2D eigenvalue weighted by molar-refractivity contribution is 5.87. The zero-order valence-corrected chi connectivity index (χ0v) is 15.3. The van der Waals surface area contributed by atoms with Crippen LogP contribution < -0.4 is 4.90 Å². The van der Waals surface area contributed by atoms with Crippen molar-refractivity contribution in [1.82, 2.24) is 4.90 Å².